The van der Waals surface area contributed by atoms with Gasteiger partial charge in [-0.2, -0.15) is 0 Å². The summed E-state index contributed by atoms with van der Waals surface area (Å²) in [7, 11) is 1.16. The fourth-order valence-corrected chi connectivity index (χ4v) is 2.82. The molecule has 0 aromatic heterocycles. The average molecular weight is 431 g/mol. The number of methoxy groups -OCH3 is 1. The maximum atomic E-state index is 11.7. The smallest absolute Gasteiger partial charge is 0.345 e. The summed E-state index contributed by atoms with van der Waals surface area (Å²) in [6, 6.07) is 9.19. The number of carbonyl (C=O) groups is 1. The summed E-state index contributed by atoms with van der Waals surface area (Å²) in [5.41, 5.74) is -0.507. The van der Waals surface area contributed by atoms with Gasteiger partial charge in [0, 0.05) is 16.6 Å². The summed E-state index contributed by atoms with van der Waals surface area (Å²) in [6.45, 7) is 0. The topological polar surface area (TPSA) is 78.7 Å². The van der Waals surface area contributed by atoms with Crippen LogP contribution in [-0.4, -0.2) is 18.0 Å². The lowest BCUT2D eigenvalue weighted by Crippen LogP contribution is -2.05. The number of carbonyl (C=O) groups excluding carboxylic acids is 1. The van der Waals surface area contributed by atoms with Gasteiger partial charge in [-0.25, -0.2) is 4.79 Å². The maximum absolute atomic E-state index is 11.7. The fourth-order valence-electron chi connectivity index (χ4n) is 1.70. The van der Waals surface area contributed by atoms with Gasteiger partial charge in [-0.05, 0) is 40.2 Å². The van der Waals surface area contributed by atoms with Crippen molar-refractivity contribution in [3.8, 4) is 11.5 Å². The van der Waals surface area contributed by atoms with E-state index >= 15 is 0 Å². The number of ether oxygens (including phenoxy) is 2. The number of hydrogen-bond acceptors (Lipinski definition) is 5. The third-order valence-corrected chi connectivity index (χ3v) is 3.80. The molecule has 0 fully saturated rings. The average Bonchev–Trinajstić information content (AvgIpc) is 2.49. The number of esters is 1. The Kier molecular flexibility index (Phi) is 5.15. The monoisotopic (exact) mass is 429 g/mol. The van der Waals surface area contributed by atoms with Crippen LogP contribution in [0.15, 0.2) is 45.3 Å². The molecule has 0 bridgehead atoms. The molecule has 0 aliphatic carbocycles. The quantitative estimate of drug-likeness (QED) is 0.399. The summed E-state index contributed by atoms with van der Waals surface area (Å²) in [4.78, 5) is 22.0. The van der Waals surface area contributed by atoms with Crippen molar-refractivity contribution in [1.29, 1.82) is 0 Å². The van der Waals surface area contributed by atoms with Crippen LogP contribution in [0.5, 0.6) is 11.5 Å². The first-order valence-electron chi connectivity index (χ1n) is 5.92. The third-order valence-electron chi connectivity index (χ3n) is 2.69. The minimum atomic E-state index is -0.799. The van der Waals surface area contributed by atoms with Gasteiger partial charge in [0.1, 0.15) is 17.1 Å². The molecule has 0 saturated carbocycles. The molecule has 22 heavy (non-hydrogen) atoms. The summed E-state index contributed by atoms with van der Waals surface area (Å²) in [5.74, 6) is -0.00564. The molecule has 6 nitrogen and oxygen atoms in total. The van der Waals surface area contributed by atoms with Crippen molar-refractivity contribution >= 4 is 43.5 Å². The second-order valence-electron chi connectivity index (χ2n) is 4.10. The van der Waals surface area contributed by atoms with Crippen LogP contribution in [0.25, 0.3) is 0 Å². The lowest BCUT2D eigenvalue weighted by Gasteiger charge is -2.09. The Balaban J connectivity index is 2.40. The van der Waals surface area contributed by atoms with E-state index in [1.54, 1.807) is 18.2 Å². The molecule has 0 aliphatic rings. The minimum Gasteiger partial charge on any atom is -0.465 e. The zero-order valence-electron chi connectivity index (χ0n) is 11.2. The highest BCUT2D eigenvalue weighted by atomic mass is 79.9. The Hall–Kier alpha value is -1.93. The highest BCUT2D eigenvalue weighted by molar-refractivity contribution is 9.11. The van der Waals surface area contributed by atoms with E-state index < -0.39 is 10.9 Å². The molecule has 0 atom stereocenters. The molecule has 2 aromatic carbocycles. The Morgan fingerprint density at radius 1 is 1.18 bits per heavy atom. The Morgan fingerprint density at radius 2 is 1.91 bits per heavy atom. The van der Waals surface area contributed by atoms with Gasteiger partial charge in [-0.3, -0.25) is 10.1 Å². The maximum Gasteiger partial charge on any atom is 0.345 e. The first-order chi connectivity index (χ1) is 10.4. The van der Waals surface area contributed by atoms with Gasteiger partial charge in [0.25, 0.3) is 5.69 Å². The largest absolute Gasteiger partial charge is 0.465 e. The Morgan fingerprint density at radius 3 is 2.50 bits per heavy atom. The SMILES string of the molecule is COC(=O)c1cc(Oc2ccc(Br)cc2Br)ccc1[N+](=O)[O-]. The van der Waals surface area contributed by atoms with E-state index in [1.165, 1.54) is 18.2 Å². The molecule has 114 valence electrons. The molecule has 0 saturated heterocycles. The lowest BCUT2D eigenvalue weighted by molar-refractivity contribution is -0.385. The van der Waals surface area contributed by atoms with Crippen molar-refractivity contribution in [1.82, 2.24) is 0 Å². The molecule has 0 aliphatic heterocycles. The number of nitro benzene ring substituents is 1. The Labute approximate surface area is 142 Å². The summed E-state index contributed by atoms with van der Waals surface area (Å²) < 4.78 is 11.8. The molecular formula is C14H9Br2NO5. The fraction of sp³-hybridized carbons (Fsp3) is 0.0714. The van der Waals surface area contributed by atoms with E-state index in [0.29, 0.717) is 10.2 Å². The van der Waals surface area contributed by atoms with E-state index in [9.17, 15) is 14.9 Å². The number of rotatable bonds is 4. The summed E-state index contributed by atoms with van der Waals surface area (Å²) in [5, 5.41) is 10.9. The van der Waals surface area contributed by atoms with Gasteiger partial charge >= 0.3 is 5.97 Å². The van der Waals surface area contributed by atoms with Gasteiger partial charge in [0.2, 0.25) is 0 Å². The summed E-state index contributed by atoms with van der Waals surface area (Å²) >= 11 is 6.67. The van der Waals surface area contributed by atoms with Gasteiger partial charge in [0.15, 0.2) is 0 Å². The normalized spacial score (nSPS) is 10.1. The van der Waals surface area contributed by atoms with E-state index in [2.05, 4.69) is 36.6 Å². The third kappa shape index (κ3) is 3.63. The molecule has 2 aromatic rings. The van der Waals surface area contributed by atoms with Crippen LogP contribution < -0.4 is 4.74 Å². The van der Waals surface area contributed by atoms with E-state index in [-0.39, 0.29) is 17.0 Å². The van der Waals surface area contributed by atoms with E-state index in [0.717, 1.165) is 11.6 Å². The highest BCUT2D eigenvalue weighted by Gasteiger charge is 2.22. The van der Waals surface area contributed by atoms with E-state index in [4.69, 9.17) is 4.74 Å². The molecule has 0 N–H and O–H groups in total. The van der Waals surface area contributed by atoms with Crippen LogP contribution in [-0.2, 0) is 4.74 Å². The molecule has 0 heterocycles. The first-order valence-corrected chi connectivity index (χ1v) is 7.50. The van der Waals surface area contributed by atoms with Crippen molar-refractivity contribution in [2.45, 2.75) is 0 Å². The predicted octanol–water partition coefficient (Wildman–Crippen LogP) is 4.70. The molecular weight excluding hydrogens is 422 g/mol. The van der Waals surface area contributed by atoms with Crippen LogP contribution >= 0.6 is 31.9 Å². The molecule has 0 unspecified atom stereocenters. The van der Waals surface area contributed by atoms with Gasteiger partial charge in [-0.1, -0.05) is 15.9 Å². The Bertz CT molecular complexity index is 748. The van der Waals surface area contributed by atoms with Crippen molar-refractivity contribution in [2.75, 3.05) is 7.11 Å². The summed E-state index contributed by atoms with van der Waals surface area (Å²) in [6.07, 6.45) is 0. The van der Waals surface area contributed by atoms with Crippen molar-refractivity contribution in [3.63, 3.8) is 0 Å². The van der Waals surface area contributed by atoms with Crippen LogP contribution in [0.2, 0.25) is 0 Å². The molecule has 2 rings (SSSR count). The van der Waals surface area contributed by atoms with Crippen molar-refractivity contribution in [3.05, 3.63) is 61.0 Å². The zero-order chi connectivity index (χ0) is 16.3. The van der Waals surface area contributed by atoms with Crippen molar-refractivity contribution in [2.24, 2.45) is 0 Å². The number of benzene rings is 2. The molecule has 8 heteroatoms. The standard InChI is InChI=1S/C14H9Br2NO5/c1-21-14(18)10-7-9(3-4-12(10)17(19)20)22-13-5-2-8(15)6-11(13)16/h2-7H,1H3. The predicted molar refractivity (Wildman–Crippen MR) is 86.4 cm³/mol. The molecule has 0 spiro atoms. The second-order valence-corrected chi connectivity index (χ2v) is 5.87. The number of halogens is 2. The molecule has 0 amide bonds. The number of nitrogens with zero attached hydrogens (tertiary/aromatic N) is 1. The lowest BCUT2D eigenvalue weighted by atomic mass is 10.1. The number of hydrogen-bond donors (Lipinski definition) is 0. The highest BCUT2D eigenvalue weighted by Crippen LogP contribution is 2.33. The minimum absolute atomic E-state index is 0.168. The van der Waals surface area contributed by atoms with Crippen LogP contribution in [0.1, 0.15) is 10.4 Å². The number of nitro groups is 1. The van der Waals surface area contributed by atoms with Gasteiger partial charge in [0.05, 0.1) is 16.5 Å². The van der Waals surface area contributed by atoms with Gasteiger partial charge in [-0.15, -0.1) is 0 Å². The molecule has 0 radical (unpaired) electrons. The zero-order valence-corrected chi connectivity index (χ0v) is 14.4. The second kappa shape index (κ2) is 6.89. The van der Waals surface area contributed by atoms with Crippen LogP contribution in [0, 0.1) is 10.1 Å². The van der Waals surface area contributed by atoms with Gasteiger partial charge < -0.3 is 9.47 Å². The van der Waals surface area contributed by atoms with E-state index in [1.807, 2.05) is 0 Å². The first kappa shape index (κ1) is 16.4. The van der Waals surface area contributed by atoms with Crippen molar-refractivity contribution < 1.29 is 19.2 Å². The van der Waals surface area contributed by atoms with Crippen LogP contribution in [0.4, 0.5) is 5.69 Å². The van der Waals surface area contributed by atoms with Crippen LogP contribution in [0.3, 0.4) is 0 Å².